The number of aryl methyl sites for hydroxylation is 2. The molecule has 0 saturated carbocycles. The van der Waals surface area contributed by atoms with E-state index in [4.69, 9.17) is 0 Å². The summed E-state index contributed by atoms with van der Waals surface area (Å²) in [5.74, 6) is 1.05. The Bertz CT molecular complexity index is 935. The number of carbonyl (C=O) groups excluding carboxylic acids is 1. The van der Waals surface area contributed by atoms with Gasteiger partial charge in [0.15, 0.2) is 0 Å². The lowest BCUT2D eigenvalue weighted by molar-refractivity contribution is 0.182. The molecule has 0 unspecified atom stereocenters. The summed E-state index contributed by atoms with van der Waals surface area (Å²) < 4.78 is 1.95. The Morgan fingerprint density at radius 2 is 1.86 bits per heavy atom. The number of nitrogens with zero attached hydrogens (tertiary/aromatic N) is 4. The van der Waals surface area contributed by atoms with Crippen LogP contribution in [0.25, 0.3) is 0 Å². The minimum atomic E-state index is -0.175. The lowest BCUT2D eigenvalue weighted by atomic mass is 10.0. The first-order valence-corrected chi connectivity index (χ1v) is 9.93. The molecular weight excluding hydrogens is 362 g/mol. The van der Waals surface area contributed by atoms with Gasteiger partial charge in [0.25, 0.3) is 0 Å². The summed E-state index contributed by atoms with van der Waals surface area (Å²) in [5, 5.41) is 3.19. The van der Waals surface area contributed by atoms with Gasteiger partial charge >= 0.3 is 6.03 Å². The first-order valence-electron chi connectivity index (χ1n) is 9.93. The van der Waals surface area contributed by atoms with Crippen molar-refractivity contribution in [2.24, 2.45) is 13.0 Å². The highest BCUT2D eigenvalue weighted by Gasteiger charge is 2.25. The predicted molar refractivity (Wildman–Crippen MR) is 114 cm³/mol. The van der Waals surface area contributed by atoms with Crippen molar-refractivity contribution in [1.29, 1.82) is 0 Å². The van der Waals surface area contributed by atoms with E-state index in [0.717, 1.165) is 22.8 Å². The van der Waals surface area contributed by atoms with Gasteiger partial charge in [-0.05, 0) is 30.5 Å². The second-order valence-electron chi connectivity index (χ2n) is 7.68. The van der Waals surface area contributed by atoms with E-state index in [0.29, 0.717) is 13.1 Å². The fraction of sp³-hybridized carbons (Fsp3) is 0.348. The van der Waals surface area contributed by atoms with Gasteiger partial charge in [-0.3, -0.25) is 4.98 Å². The zero-order chi connectivity index (χ0) is 20.8. The molecule has 0 radical (unpaired) electrons. The number of urea groups is 1. The van der Waals surface area contributed by atoms with Crippen molar-refractivity contribution in [3.8, 4) is 0 Å². The van der Waals surface area contributed by atoms with Crippen LogP contribution in [0.15, 0.2) is 60.9 Å². The van der Waals surface area contributed by atoms with Crippen LogP contribution in [0, 0.1) is 12.8 Å². The van der Waals surface area contributed by atoms with Crippen molar-refractivity contribution in [2.45, 2.75) is 39.9 Å². The molecule has 6 heteroatoms. The molecule has 3 rings (SSSR count). The molecule has 0 saturated heterocycles. The maximum absolute atomic E-state index is 13.3. The van der Waals surface area contributed by atoms with E-state index in [1.807, 2.05) is 73.3 Å². The highest BCUT2D eigenvalue weighted by molar-refractivity contribution is 5.74. The monoisotopic (exact) mass is 391 g/mol. The number of imidazole rings is 1. The summed E-state index contributed by atoms with van der Waals surface area (Å²) in [6.07, 6.45) is 3.66. The van der Waals surface area contributed by atoms with Gasteiger partial charge < -0.3 is 14.8 Å². The van der Waals surface area contributed by atoms with Crippen LogP contribution in [0.1, 0.15) is 42.7 Å². The van der Waals surface area contributed by atoms with Crippen molar-refractivity contribution in [1.82, 2.24) is 24.8 Å². The molecule has 1 N–H and O–H groups in total. The average molecular weight is 392 g/mol. The van der Waals surface area contributed by atoms with Gasteiger partial charge in [0.05, 0.1) is 18.3 Å². The zero-order valence-electron chi connectivity index (χ0n) is 17.5. The Hall–Kier alpha value is -3.15. The summed E-state index contributed by atoms with van der Waals surface area (Å²) in [6.45, 7) is 7.08. The molecule has 3 aromatic rings. The van der Waals surface area contributed by atoms with E-state index >= 15 is 0 Å². The zero-order valence-corrected chi connectivity index (χ0v) is 17.5. The molecule has 29 heavy (non-hydrogen) atoms. The van der Waals surface area contributed by atoms with Gasteiger partial charge in [-0.2, -0.15) is 0 Å². The van der Waals surface area contributed by atoms with Crippen LogP contribution in [0.4, 0.5) is 4.79 Å². The molecule has 0 fully saturated rings. The Morgan fingerprint density at radius 1 is 1.10 bits per heavy atom. The van der Waals surface area contributed by atoms with E-state index in [2.05, 4.69) is 29.1 Å². The number of benzene rings is 1. The van der Waals surface area contributed by atoms with Gasteiger partial charge in [-0.1, -0.05) is 50.2 Å². The van der Waals surface area contributed by atoms with Gasteiger partial charge in [-0.15, -0.1) is 0 Å². The minimum absolute atomic E-state index is 0.126. The topological polar surface area (TPSA) is 63.1 Å². The van der Waals surface area contributed by atoms with Crippen molar-refractivity contribution >= 4 is 6.03 Å². The van der Waals surface area contributed by atoms with Gasteiger partial charge in [0, 0.05) is 31.7 Å². The fourth-order valence-electron chi connectivity index (χ4n) is 3.32. The number of carbonyl (C=O) groups is 1. The quantitative estimate of drug-likeness (QED) is 0.655. The Morgan fingerprint density at radius 3 is 2.48 bits per heavy atom. The number of nitrogens with one attached hydrogen (secondary N) is 1. The van der Waals surface area contributed by atoms with E-state index in [1.165, 1.54) is 0 Å². The lowest BCUT2D eigenvalue weighted by Gasteiger charge is -2.28. The number of hydrogen-bond donors (Lipinski definition) is 1. The Labute approximate surface area is 172 Å². The standard InChI is InChI=1S/C23H29N5O/c1-17(2)21(22-24-13-14-27(22)4)26-23(29)28(15-19-10-6-5-7-11-19)16-20-12-8-9-18(3)25-20/h5-14,17,21H,15-16H2,1-4H3,(H,26,29)/t21-/m1/s1. The first-order chi connectivity index (χ1) is 13.9. The molecule has 0 aliphatic rings. The summed E-state index contributed by atoms with van der Waals surface area (Å²) in [4.78, 5) is 24.1. The molecular formula is C23H29N5O. The molecule has 0 aliphatic heterocycles. The summed E-state index contributed by atoms with van der Waals surface area (Å²) in [7, 11) is 1.95. The maximum Gasteiger partial charge on any atom is 0.318 e. The van der Waals surface area contributed by atoms with E-state index in [-0.39, 0.29) is 18.0 Å². The number of aromatic nitrogens is 3. The summed E-state index contributed by atoms with van der Waals surface area (Å²) in [6, 6.07) is 15.6. The number of amides is 2. The van der Waals surface area contributed by atoms with Crippen molar-refractivity contribution < 1.29 is 4.79 Å². The van der Waals surface area contributed by atoms with Crippen molar-refractivity contribution in [3.05, 3.63) is 83.7 Å². The predicted octanol–water partition coefficient (Wildman–Crippen LogP) is 4.23. The second kappa shape index (κ2) is 9.37. The van der Waals surface area contributed by atoms with Crippen LogP contribution in [-0.4, -0.2) is 25.5 Å². The smallest absolute Gasteiger partial charge is 0.318 e. The fourth-order valence-corrected chi connectivity index (χ4v) is 3.32. The SMILES string of the molecule is Cc1cccc(CN(Cc2ccccc2)C(=O)N[C@@H](c2nccn2C)C(C)C)n1. The molecule has 2 aromatic heterocycles. The van der Waals surface area contributed by atoms with Crippen LogP contribution in [-0.2, 0) is 20.1 Å². The minimum Gasteiger partial charge on any atom is -0.336 e. The normalized spacial score (nSPS) is 12.0. The molecule has 152 valence electrons. The number of pyridine rings is 1. The Balaban J connectivity index is 1.83. The molecule has 1 aromatic carbocycles. The number of hydrogen-bond acceptors (Lipinski definition) is 3. The second-order valence-corrected chi connectivity index (χ2v) is 7.68. The molecule has 1 atom stereocenters. The highest BCUT2D eigenvalue weighted by Crippen LogP contribution is 2.21. The number of rotatable bonds is 7. The summed E-state index contributed by atoms with van der Waals surface area (Å²) in [5.41, 5.74) is 2.89. The molecule has 2 amide bonds. The van der Waals surface area contributed by atoms with Gasteiger partial charge in [0.1, 0.15) is 5.82 Å². The highest BCUT2D eigenvalue weighted by atomic mass is 16.2. The molecule has 0 aliphatic carbocycles. The van der Waals surface area contributed by atoms with E-state index in [1.54, 1.807) is 11.1 Å². The van der Waals surface area contributed by atoms with Crippen molar-refractivity contribution in [3.63, 3.8) is 0 Å². The average Bonchev–Trinajstić information content (AvgIpc) is 3.11. The van der Waals surface area contributed by atoms with Crippen molar-refractivity contribution in [2.75, 3.05) is 0 Å². The van der Waals surface area contributed by atoms with Gasteiger partial charge in [-0.25, -0.2) is 9.78 Å². The third kappa shape index (κ3) is 5.44. The molecule has 0 spiro atoms. The van der Waals surface area contributed by atoms with Crippen LogP contribution < -0.4 is 5.32 Å². The Kier molecular flexibility index (Phi) is 6.65. The van der Waals surface area contributed by atoms with Gasteiger partial charge in [0.2, 0.25) is 0 Å². The first kappa shape index (κ1) is 20.6. The van der Waals surface area contributed by atoms with Crippen LogP contribution in [0.5, 0.6) is 0 Å². The third-order valence-corrected chi connectivity index (χ3v) is 4.88. The lowest BCUT2D eigenvalue weighted by Crippen LogP contribution is -2.43. The van der Waals surface area contributed by atoms with Crippen LogP contribution >= 0.6 is 0 Å². The molecule has 0 bridgehead atoms. The maximum atomic E-state index is 13.3. The van der Waals surface area contributed by atoms with E-state index < -0.39 is 0 Å². The molecule has 6 nitrogen and oxygen atoms in total. The largest absolute Gasteiger partial charge is 0.336 e. The molecule has 2 heterocycles. The summed E-state index contributed by atoms with van der Waals surface area (Å²) >= 11 is 0. The van der Waals surface area contributed by atoms with Crippen LogP contribution in [0.2, 0.25) is 0 Å². The van der Waals surface area contributed by atoms with E-state index in [9.17, 15) is 4.79 Å². The third-order valence-electron chi connectivity index (χ3n) is 4.88. The van der Waals surface area contributed by atoms with Crippen LogP contribution in [0.3, 0.4) is 0 Å².